The van der Waals surface area contributed by atoms with Gasteiger partial charge in [0.1, 0.15) is 0 Å². The first-order valence-corrected chi connectivity index (χ1v) is 6.14. The number of hydrogen-bond donors (Lipinski definition) is 2. The second-order valence-corrected chi connectivity index (χ2v) is 4.81. The van der Waals surface area contributed by atoms with Crippen molar-refractivity contribution in [2.45, 2.75) is 19.3 Å². The van der Waals surface area contributed by atoms with Gasteiger partial charge in [-0.15, -0.1) is 0 Å². The van der Waals surface area contributed by atoms with Crippen LogP contribution in [0.1, 0.15) is 18.5 Å². The van der Waals surface area contributed by atoms with Crippen LogP contribution in [-0.2, 0) is 11.2 Å². The van der Waals surface area contributed by atoms with E-state index in [4.69, 9.17) is 0 Å². The normalized spacial score (nSPS) is 15.1. The molecule has 0 unspecified atom stereocenters. The van der Waals surface area contributed by atoms with Crippen molar-refractivity contribution in [3.63, 3.8) is 0 Å². The number of carbonyl (C=O) groups excluding carboxylic acids is 1. The second-order valence-electron chi connectivity index (χ2n) is 4.81. The molecule has 1 aromatic carbocycles. The van der Waals surface area contributed by atoms with Gasteiger partial charge < -0.3 is 10.3 Å². The Kier molecular flexibility index (Phi) is 2.59. The first-order chi connectivity index (χ1) is 8.31. The summed E-state index contributed by atoms with van der Waals surface area (Å²) < 4.78 is 0. The average Bonchev–Trinajstić information content (AvgIpc) is 3.06. The fourth-order valence-electron chi connectivity index (χ4n) is 2.04. The van der Waals surface area contributed by atoms with Crippen LogP contribution in [0.15, 0.2) is 30.3 Å². The van der Waals surface area contributed by atoms with Gasteiger partial charge in [-0.05, 0) is 36.3 Å². The molecule has 1 saturated carbocycles. The van der Waals surface area contributed by atoms with E-state index in [0.717, 1.165) is 29.1 Å². The number of benzene rings is 1. The molecule has 2 aromatic rings. The lowest BCUT2D eigenvalue weighted by Gasteiger charge is -2.02. The van der Waals surface area contributed by atoms with Crippen molar-refractivity contribution < 1.29 is 4.79 Å². The third-order valence-electron chi connectivity index (χ3n) is 3.22. The summed E-state index contributed by atoms with van der Waals surface area (Å²) in [5.41, 5.74) is 2.08. The molecule has 0 radical (unpaired) electrons. The van der Waals surface area contributed by atoms with E-state index in [1.807, 2.05) is 24.3 Å². The highest BCUT2D eigenvalue weighted by molar-refractivity contribution is 5.84. The van der Waals surface area contributed by atoms with Crippen molar-refractivity contribution in [2.75, 3.05) is 6.54 Å². The molecule has 1 amide bonds. The number of rotatable bonds is 4. The van der Waals surface area contributed by atoms with Gasteiger partial charge >= 0.3 is 0 Å². The zero-order valence-corrected chi connectivity index (χ0v) is 9.70. The Morgan fingerprint density at radius 2 is 2.18 bits per heavy atom. The number of aromatic nitrogens is 1. The molecule has 1 aliphatic rings. The third-order valence-corrected chi connectivity index (χ3v) is 3.22. The fourth-order valence-corrected chi connectivity index (χ4v) is 2.04. The maximum Gasteiger partial charge on any atom is 0.225 e. The Morgan fingerprint density at radius 3 is 2.94 bits per heavy atom. The molecule has 3 heteroatoms. The SMILES string of the molecule is O=C(Cc1cc2ccccc2[nH]1)NCC1CC1. The minimum absolute atomic E-state index is 0.114. The predicted molar refractivity (Wildman–Crippen MR) is 67.7 cm³/mol. The molecule has 0 spiro atoms. The minimum atomic E-state index is 0.114. The predicted octanol–water partition coefficient (Wildman–Crippen LogP) is 2.24. The Labute approximate surface area is 100 Å². The fraction of sp³-hybridized carbons (Fsp3) is 0.357. The van der Waals surface area contributed by atoms with Crippen LogP contribution >= 0.6 is 0 Å². The van der Waals surface area contributed by atoms with Gasteiger partial charge in [0.05, 0.1) is 6.42 Å². The number of aromatic amines is 1. The Hall–Kier alpha value is -1.77. The first-order valence-electron chi connectivity index (χ1n) is 6.14. The van der Waals surface area contributed by atoms with Crippen LogP contribution in [0.25, 0.3) is 10.9 Å². The summed E-state index contributed by atoms with van der Waals surface area (Å²) in [6.07, 6.45) is 2.99. The highest BCUT2D eigenvalue weighted by Gasteiger charge is 2.21. The topological polar surface area (TPSA) is 44.9 Å². The molecule has 0 saturated heterocycles. The zero-order chi connectivity index (χ0) is 11.7. The van der Waals surface area contributed by atoms with Crippen molar-refractivity contribution in [1.29, 1.82) is 0 Å². The quantitative estimate of drug-likeness (QED) is 0.828. The molecule has 1 heterocycles. The van der Waals surface area contributed by atoms with Gasteiger partial charge in [0, 0.05) is 17.8 Å². The van der Waals surface area contributed by atoms with E-state index in [9.17, 15) is 4.79 Å². The molecule has 3 nitrogen and oxygen atoms in total. The van der Waals surface area contributed by atoms with Gasteiger partial charge in [-0.1, -0.05) is 18.2 Å². The van der Waals surface area contributed by atoms with Crippen molar-refractivity contribution in [3.8, 4) is 0 Å². The third kappa shape index (κ3) is 2.49. The Morgan fingerprint density at radius 1 is 1.35 bits per heavy atom. The van der Waals surface area contributed by atoms with E-state index in [2.05, 4.69) is 16.4 Å². The van der Waals surface area contributed by atoms with Crippen LogP contribution in [0.4, 0.5) is 0 Å². The minimum Gasteiger partial charge on any atom is -0.358 e. The summed E-state index contributed by atoms with van der Waals surface area (Å²) in [7, 11) is 0. The summed E-state index contributed by atoms with van der Waals surface area (Å²) in [5, 5.41) is 4.14. The van der Waals surface area contributed by atoms with E-state index >= 15 is 0 Å². The second kappa shape index (κ2) is 4.24. The van der Waals surface area contributed by atoms with Crippen LogP contribution in [0.2, 0.25) is 0 Å². The molecule has 2 N–H and O–H groups in total. The molecule has 1 fully saturated rings. The van der Waals surface area contributed by atoms with Crippen molar-refractivity contribution in [2.24, 2.45) is 5.92 Å². The smallest absolute Gasteiger partial charge is 0.225 e. The number of hydrogen-bond acceptors (Lipinski definition) is 1. The number of para-hydroxylation sites is 1. The van der Waals surface area contributed by atoms with E-state index in [1.54, 1.807) is 0 Å². The molecular formula is C14H16N2O. The number of H-pyrrole nitrogens is 1. The Bertz CT molecular complexity index is 507. The summed E-state index contributed by atoms with van der Waals surface area (Å²) in [5.74, 6) is 0.852. The van der Waals surface area contributed by atoms with Crippen LogP contribution < -0.4 is 5.32 Å². The maximum absolute atomic E-state index is 11.7. The van der Waals surface area contributed by atoms with Crippen LogP contribution in [-0.4, -0.2) is 17.4 Å². The molecule has 17 heavy (non-hydrogen) atoms. The van der Waals surface area contributed by atoms with Crippen LogP contribution in [0.3, 0.4) is 0 Å². The van der Waals surface area contributed by atoms with Crippen molar-refractivity contribution in [3.05, 3.63) is 36.0 Å². The lowest BCUT2D eigenvalue weighted by Crippen LogP contribution is -2.27. The molecule has 0 bridgehead atoms. The lowest BCUT2D eigenvalue weighted by atomic mass is 10.2. The molecule has 1 aliphatic carbocycles. The maximum atomic E-state index is 11.7. The molecule has 88 valence electrons. The number of amides is 1. The standard InChI is InChI=1S/C14H16N2O/c17-14(15-9-10-5-6-10)8-12-7-11-3-1-2-4-13(11)16-12/h1-4,7,10,16H,5-6,8-9H2,(H,15,17). The number of carbonyl (C=O) groups is 1. The van der Waals surface area contributed by atoms with Crippen molar-refractivity contribution in [1.82, 2.24) is 10.3 Å². The van der Waals surface area contributed by atoms with E-state index in [1.165, 1.54) is 12.8 Å². The highest BCUT2D eigenvalue weighted by atomic mass is 16.1. The molecule has 3 rings (SSSR count). The molecule has 0 atom stereocenters. The van der Waals surface area contributed by atoms with Gasteiger partial charge in [0.15, 0.2) is 0 Å². The molecule has 1 aromatic heterocycles. The van der Waals surface area contributed by atoms with Crippen LogP contribution in [0, 0.1) is 5.92 Å². The zero-order valence-electron chi connectivity index (χ0n) is 9.70. The average molecular weight is 228 g/mol. The monoisotopic (exact) mass is 228 g/mol. The molecular weight excluding hydrogens is 212 g/mol. The van der Waals surface area contributed by atoms with Gasteiger partial charge in [-0.2, -0.15) is 0 Å². The number of fused-ring (bicyclic) bond motifs is 1. The summed E-state index contributed by atoms with van der Waals surface area (Å²) >= 11 is 0. The van der Waals surface area contributed by atoms with E-state index in [-0.39, 0.29) is 5.91 Å². The van der Waals surface area contributed by atoms with Gasteiger partial charge in [0.25, 0.3) is 0 Å². The lowest BCUT2D eigenvalue weighted by molar-refractivity contribution is -0.120. The van der Waals surface area contributed by atoms with E-state index < -0.39 is 0 Å². The van der Waals surface area contributed by atoms with Gasteiger partial charge in [-0.25, -0.2) is 0 Å². The Balaban J connectivity index is 1.64. The highest BCUT2D eigenvalue weighted by Crippen LogP contribution is 2.27. The largest absolute Gasteiger partial charge is 0.358 e. The molecule has 0 aliphatic heterocycles. The van der Waals surface area contributed by atoms with E-state index in [0.29, 0.717) is 6.42 Å². The van der Waals surface area contributed by atoms with Gasteiger partial charge in [0.2, 0.25) is 5.91 Å². The number of nitrogens with one attached hydrogen (secondary N) is 2. The van der Waals surface area contributed by atoms with Crippen LogP contribution in [0.5, 0.6) is 0 Å². The summed E-state index contributed by atoms with van der Waals surface area (Å²) in [6, 6.07) is 10.1. The summed E-state index contributed by atoms with van der Waals surface area (Å²) in [4.78, 5) is 15.0. The van der Waals surface area contributed by atoms with Gasteiger partial charge in [-0.3, -0.25) is 4.79 Å². The summed E-state index contributed by atoms with van der Waals surface area (Å²) in [6.45, 7) is 0.846. The van der Waals surface area contributed by atoms with Crippen molar-refractivity contribution >= 4 is 16.8 Å². The first kappa shape index (κ1) is 10.4.